The smallest absolute Gasteiger partial charge is 0.155 e. The van der Waals surface area contributed by atoms with E-state index < -0.39 is 0 Å². The van der Waals surface area contributed by atoms with Gasteiger partial charge in [0.25, 0.3) is 0 Å². The lowest BCUT2D eigenvalue weighted by Gasteiger charge is -2.02. The fraction of sp³-hybridized carbons (Fsp3) is 0.500. The van der Waals surface area contributed by atoms with Crippen molar-refractivity contribution in [2.75, 3.05) is 6.61 Å². The molecule has 1 aliphatic carbocycles. The third-order valence-corrected chi connectivity index (χ3v) is 1.97. The number of ether oxygens (including phenoxy) is 1. The highest BCUT2D eigenvalue weighted by atomic mass is 35.5. The van der Waals surface area contributed by atoms with Crippen LogP contribution in [-0.4, -0.2) is 16.8 Å². The Bertz CT molecular complexity index is 276. The van der Waals surface area contributed by atoms with Gasteiger partial charge in [-0.3, -0.25) is 0 Å². The molecule has 4 heteroatoms. The SMILES string of the molecule is Clc1cc(OCC2CC2)cnn1. The molecule has 64 valence electrons. The molecule has 0 saturated heterocycles. The van der Waals surface area contributed by atoms with Gasteiger partial charge in [0.05, 0.1) is 12.8 Å². The number of hydrogen-bond acceptors (Lipinski definition) is 3. The van der Waals surface area contributed by atoms with Crippen molar-refractivity contribution >= 4 is 11.6 Å². The van der Waals surface area contributed by atoms with Crippen LogP contribution in [0.4, 0.5) is 0 Å². The normalized spacial score (nSPS) is 16.1. The van der Waals surface area contributed by atoms with Crippen molar-refractivity contribution in [3.05, 3.63) is 17.4 Å². The highest BCUT2D eigenvalue weighted by Gasteiger charge is 2.21. The third kappa shape index (κ3) is 2.08. The van der Waals surface area contributed by atoms with Crippen LogP contribution in [0.2, 0.25) is 5.15 Å². The number of rotatable bonds is 3. The van der Waals surface area contributed by atoms with E-state index in [9.17, 15) is 0 Å². The van der Waals surface area contributed by atoms with Crippen molar-refractivity contribution in [3.63, 3.8) is 0 Å². The number of hydrogen-bond donors (Lipinski definition) is 0. The summed E-state index contributed by atoms with van der Waals surface area (Å²) in [6, 6.07) is 1.68. The van der Waals surface area contributed by atoms with E-state index in [1.807, 2.05) is 0 Å². The van der Waals surface area contributed by atoms with Crippen molar-refractivity contribution in [1.82, 2.24) is 10.2 Å². The first-order valence-corrected chi connectivity index (χ1v) is 4.33. The summed E-state index contributed by atoms with van der Waals surface area (Å²) in [5.74, 6) is 1.46. The Hall–Kier alpha value is -0.830. The van der Waals surface area contributed by atoms with Gasteiger partial charge in [-0.25, -0.2) is 0 Å². The van der Waals surface area contributed by atoms with Crippen molar-refractivity contribution in [1.29, 1.82) is 0 Å². The first-order chi connectivity index (χ1) is 5.84. The Morgan fingerprint density at radius 2 is 2.42 bits per heavy atom. The van der Waals surface area contributed by atoms with Crippen LogP contribution in [0.3, 0.4) is 0 Å². The summed E-state index contributed by atoms with van der Waals surface area (Å²) in [4.78, 5) is 0. The molecule has 0 N–H and O–H groups in total. The molecule has 1 saturated carbocycles. The molecular weight excluding hydrogens is 176 g/mol. The van der Waals surface area contributed by atoms with Crippen LogP contribution < -0.4 is 4.74 Å². The van der Waals surface area contributed by atoms with Crippen LogP contribution in [0.15, 0.2) is 12.3 Å². The molecule has 0 radical (unpaired) electrons. The predicted octanol–water partition coefficient (Wildman–Crippen LogP) is 1.92. The molecule has 1 heterocycles. The van der Waals surface area contributed by atoms with Gasteiger partial charge in [0.2, 0.25) is 0 Å². The topological polar surface area (TPSA) is 35.0 Å². The Morgan fingerprint density at radius 1 is 1.58 bits per heavy atom. The molecule has 1 aromatic rings. The van der Waals surface area contributed by atoms with Gasteiger partial charge in [-0.15, -0.1) is 5.10 Å². The van der Waals surface area contributed by atoms with Gasteiger partial charge in [0.15, 0.2) is 5.15 Å². The summed E-state index contributed by atoms with van der Waals surface area (Å²) >= 11 is 5.62. The molecular formula is C8H9ClN2O. The number of aromatic nitrogens is 2. The second kappa shape index (κ2) is 3.27. The van der Waals surface area contributed by atoms with Crippen molar-refractivity contribution < 1.29 is 4.74 Å². The summed E-state index contributed by atoms with van der Waals surface area (Å²) in [6.45, 7) is 0.780. The van der Waals surface area contributed by atoms with Crippen molar-refractivity contribution in [2.45, 2.75) is 12.8 Å². The zero-order chi connectivity index (χ0) is 8.39. The van der Waals surface area contributed by atoms with E-state index in [1.54, 1.807) is 12.3 Å². The van der Waals surface area contributed by atoms with E-state index in [2.05, 4.69) is 10.2 Å². The van der Waals surface area contributed by atoms with Crippen LogP contribution in [-0.2, 0) is 0 Å². The molecule has 0 amide bonds. The molecule has 0 aromatic carbocycles. The Labute approximate surface area is 75.7 Å². The van der Waals surface area contributed by atoms with E-state index >= 15 is 0 Å². The highest BCUT2D eigenvalue weighted by molar-refractivity contribution is 6.29. The zero-order valence-electron chi connectivity index (χ0n) is 6.53. The maximum atomic E-state index is 5.62. The van der Waals surface area contributed by atoms with Gasteiger partial charge in [0.1, 0.15) is 5.75 Å². The molecule has 3 nitrogen and oxygen atoms in total. The van der Waals surface area contributed by atoms with Gasteiger partial charge in [-0.2, -0.15) is 5.10 Å². The van der Waals surface area contributed by atoms with Gasteiger partial charge < -0.3 is 4.74 Å². The van der Waals surface area contributed by atoms with Crippen molar-refractivity contribution in [3.8, 4) is 5.75 Å². The van der Waals surface area contributed by atoms with Gasteiger partial charge in [-0.05, 0) is 18.8 Å². The molecule has 0 unspecified atom stereocenters. The quantitative estimate of drug-likeness (QED) is 0.720. The molecule has 0 aliphatic heterocycles. The Balaban J connectivity index is 1.92. The van der Waals surface area contributed by atoms with Gasteiger partial charge in [0, 0.05) is 6.07 Å². The Kier molecular flexibility index (Phi) is 2.13. The third-order valence-electron chi connectivity index (χ3n) is 1.78. The fourth-order valence-electron chi connectivity index (χ4n) is 0.902. The minimum atomic E-state index is 0.378. The molecule has 12 heavy (non-hydrogen) atoms. The van der Waals surface area contributed by atoms with E-state index in [-0.39, 0.29) is 0 Å². The largest absolute Gasteiger partial charge is 0.492 e. The molecule has 0 spiro atoms. The molecule has 0 bridgehead atoms. The summed E-state index contributed by atoms with van der Waals surface area (Å²) < 4.78 is 5.42. The molecule has 0 atom stereocenters. The van der Waals surface area contributed by atoms with Gasteiger partial charge >= 0.3 is 0 Å². The first-order valence-electron chi connectivity index (χ1n) is 3.95. The van der Waals surface area contributed by atoms with Crippen molar-refractivity contribution in [2.24, 2.45) is 5.92 Å². The van der Waals surface area contributed by atoms with Crippen LogP contribution in [0.5, 0.6) is 5.75 Å². The minimum Gasteiger partial charge on any atom is -0.492 e. The summed E-state index contributed by atoms with van der Waals surface area (Å²) in [6.07, 6.45) is 4.15. The molecule has 1 aliphatic rings. The molecule has 1 fully saturated rings. The van der Waals surface area contributed by atoms with Crippen LogP contribution >= 0.6 is 11.6 Å². The average Bonchev–Trinajstić information content (AvgIpc) is 2.84. The average molecular weight is 185 g/mol. The number of nitrogens with zero attached hydrogens (tertiary/aromatic N) is 2. The molecule has 1 aromatic heterocycles. The summed E-state index contributed by atoms with van der Waals surface area (Å²) in [5.41, 5.74) is 0. The second-order valence-electron chi connectivity index (χ2n) is 2.97. The highest BCUT2D eigenvalue weighted by Crippen LogP contribution is 2.29. The predicted molar refractivity (Wildman–Crippen MR) is 45.3 cm³/mol. The maximum absolute atomic E-state index is 5.62. The first kappa shape index (κ1) is 7.80. The van der Waals surface area contributed by atoms with E-state index in [0.717, 1.165) is 12.5 Å². The lowest BCUT2D eigenvalue weighted by molar-refractivity contribution is 0.298. The van der Waals surface area contributed by atoms with E-state index in [0.29, 0.717) is 10.9 Å². The van der Waals surface area contributed by atoms with E-state index in [1.165, 1.54) is 12.8 Å². The Morgan fingerprint density at radius 3 is 3.08 bits per heavy atom. The lowest BCUT2D eigenvalue weighted by Crippen LogP contribution is -1.99. The molecule has 2 rings (SSSR count). The van der Waals surface area contributed by atoms with E-state index in [4.69, 9.17) is 16.3 Å². The summed E-state index contributed by atoms with van der Waals surface area (Å²) in [7, 11) is 0. The van der Waals surface area contributed by atoms with Crippen LogP contribution in [0.1, 0.15) is 12.8 Å². The minimum absolute atomic E-state index is 0.378. The maximum Gasteiger partial charge on any atom is 0.155 e. The summed E-state index contributed by atoms with van der Waals surface area (Å²) in [5, 5.41) is 7.67. The monoisotopic (exact) mass is 184 g/mol. The van der Waals surface area contributed by atoms with Crippen LogP contribution in [0.25, 0.3) is 0 Å². The zero-order valence-corrected chi connectivity index (χ0v) is 7.29. The second-order valence-corrected chi connectivity index (χ2v) is 3.36. The van der Waals surface area contributed by atoms with Crippen LogP contribution in [0, 0.1) is 5.92 Å². The fourth-order valence-corrected chi connectivity index (χ4v) is 1.05. The number of halogens is 1. The lowest BCUT2D eigenvalue weighted by atomic mass is 10.4. The van der Waals surface area contributed by atoms with Gasteiger partial charge in [-0.1, -0.05) is 11.6 Å². The standard InChI is InChI=1S/C8H9ClN2O/c9-8-3-7(4-10-11-8)12-5-6-1-2-6/h3-4,6H,1-2,5H2.